The molecule has 0 bridgehead atoms. The first-order chi connectivity index (χ1) is 6.42. The van der Waals surface area contributed by atoms with Crippen LogP contribution in [0.2, 0.25) is 0 Å². The molecule has 2 aromatic rings. The Morgan fingerprint density at radius 3 is 3.08 bits per heavy atom. The normalized spacial score (nSPS) is 10.2. The van der Waals surface area contributed by atoms with Crippen molar-refractivity contribution in [2.75, 3.05) is 11.9 Å². The van der Waals surface area contributed by atoms with Crippen molar-refractivity contribution in [3.63, 3.8) is 0 Å². The van der Waals surface area contributed by atoms with E-state index in [0.717, 1.165) is 12.0 Å². The van der Waals surface area contributed by atoms with Gasteiger partial charge in [0.05, 0.1) is 12.2 Å². The van der Waals surface area contributed by atoms with Gasteiger partial charge in [0.25, 0.3) is 0 Å². The van der Waals surface area contributed by atoms with E-state index in [1.165, 1.54) is 10.1 Å². The largest absolute Gasteiger partial charge is 0.377 e. The number of carbonyl (C=O) groups excluding carboxylic acids is 1. The lowest BCUT2D eigenvalue weighted by atomic mass is 10.2. The number of hydrogen-bond acceptors (Lipinski definition) is 3. The zero-order valence-corrected chi connectivity index (χ0v) is 7.80. The zero-order chi connectivity index (χ0) is 9.10. The molecule has 1 aromatic heterocycles. The summed E-state index contributed by atoms with van der Waals surface area (Å²) in [5.74, 6) is 0. The van der Waals surface area contributed by atoms with Crippen LogP contribution in [0.4, 0.5) is 5.69 Å². The Balaban J connectivity index is 2.40. The lowest BCUT2D eigenvalue weighted by molar-refractivity contribution is -0.106. The van der Waals surface area contributed by atoms with E-state index in [1.54, 1.807) is 11.3 Å². The number of benzene rings is 1. The second-order valence-corrected chi connectivity index (χ2v) is 3.60. The molecule has 0 fully saturated rings. The molecule has 2 rings (SSSR count). The first-order valence-corrected chi connectivity index (χ1v) is 4.93. The van der Waals surface area contributed by atoms with Crippen molar-refractivity contribution in [2.45, 2.75) is 0 Å². The van der Waals surface area contributed by atoms with E-state index in [9.17, 15) is 4.79 Å². The van der Waals surface area contributed by atoms with Gasteiger partial charge in [-0.1, -0.05) is 18.2 Å². The van der Waals surface area contributed by atoms with Gasteiger partial charge in [-0.15, -0.1) is 11.3 Å². The van der Waals surface area contributed by atoms with E-state index in [-0.39, 0.29) is 0 Å². The Morgan fingerprint density at radius 2 is 2.23 bits per heavy atom. The highest BCUT2D eigenvalue weighted by Crippen LogP contribution is 2.29. The van der Waals surface area contributed by atoms with E-state index in [2.05, 4.69) is 17.4 Å². The molecular weight excluding hydrogens is 182 g/mol. The van der Waals surface area contributed by atoms with Gasteiger partial charge in [0.1, 0.15) is 6.29 Å². The third-order valence-corrected chi connectivity index (χ3v) is 2.82. The molecular formula is C10H9NOS. The topological polar surface area (TPSA) is 29.1 Å². The summed E-state index contributed by atoms with van der Waals surface area (Å²) in [7, 11) is 0. The molecule has 0 saturated heterocycles. The molecule has 1 N–H and O–H groups in total. The van der Waals surface area contributed by atoms with Gasteiger partial charge in [0.2, 0.25) is 0 Å². The van der Waals surface area contributed by atoms with Gasteiger partial charge in [-0.25, -0.2) is 0 Å². The number of anilines is 1. The van der Waals surface area contributed by atoms with Crippen LogP contribution in [0, 0.1) is 0 Å². The molecule has 1 aromatic carbocycles. The van der Waals surface area contributed by atoms with E-state index in [0.29, 0.717) is 6.54 Å². The summed E-state index contributed by atoms with van der Waals surface area (Å²) < 4.78 is 1.25. The van der Waals surface area contributed by atoms with Gasteiger partial charge in [-0.2, -0.15) is 0 Å². The van der Waals surface area contributed by atoms with Crippen molar-refractivity contribution in [1.29, 1.82) is 0 Å². The van der Waals surface area contributed by atoms with Crippen LogP contribution in [0.25, 0.3) is 10.1 Å². The van der Waals surface area contributed by atoms with Gasteiger partial charge in [-0.05, 0) is 6.07 Å². The number of fused-ring (bicyclic) bond motifs is 1. The van der Waals surface area contributed by atoms with Crippen molar-refractivity contribution in [1.82, 2.24) is 0 Å². The van der Waals surface area contributed by atoms with Crippen molar-refractivity contribution >= 4 is 33.4 Å². The Bertz CT molecular complexity index is 422. The highest BCUT2D eigenvalue weighted by Gasteiger charge is 2.00. The standard InChI is InChI=1S/C10H9NOS/c12-6-5-11-9-7-13-10-4-2-1-3-8(9)10/h1-4,6-7,11H,5H2. The fourth-order valence-electron chi connectivity index (χ4n) is 1.27. The third-order valence-electron chi connectivity index (χ3n) is 1.86. The van der Waals surface area contributed by atoms with E-state index >= 15 is 0 Å². The SMILES string of the molecule is O=CCNc1csc2ccccc12. The van der Waals surface area contributed by atoms with E-state index in [4.69, 9.17) is 0 Å². The van der Waals surface area contributed by atoms with Gasteiger partial charge in [0.15, 0.2) is 0 Å². The average Bonchev–Trinajstić information content (AvgIpc) is 2.58. The maximum atomic E-state index is 10.2. The molecule has 13 heavy (non-hydrogen) atoms. The molecule has 1 heterocycles. The van der Waals surface area contributed by atoms with Crippen molar-refractivity contribution in [3.8, 4) is 0 Å². The van der Waals surface area contributed by atoms with Crippen LogP contribution >= 0.6 is 11.3 Å². The number of rotatable bonds is 3. The first-order valence-electron chi connectivity index (χ1n) is 4.05. The molecule has 0 radical (unpaired) electrons. The van der Waals surface area contributed by atoms with Gasteiger partial charge >= 0.3 is 0 Å². The molecule has 0 atom stereocenters. The molecule has 0 aliphatic carbocycles. The molecule has 0 saturated carbocycles. The third kappa shape index (κ3) is 1.55. The maximum Gasteiger partial charge on any atom is 0.139 e. The summed E-state index contributed by atoms with van der Waals surface area (Å²) in [6.45, 7) is 0.376. The Morgan fingerprint density at radius 1 is 1.38 bits per heavy atom. The minimum Gasteiger partial charge on any atom is -0.377 e. The second-order valence-electron chi connectivity index (χ2n) is 2.69. The minimum absolute atomic E-state index is 0.376. The summed E-state index contributed by atoms with van der Waals surface area (Å²) >= 11 is 1.69. The van der Waals surface area contributed by atoms with Crippen LogP contribution in [0.3, 0.4) is 0 Å². The van der Waals surface area contributed by atoms with Crippen molar-refractivity contribution < 1.29 is 4.79 Å². The highest BCUT2D eigenvalue weighted by molar-refractivity contribution is 7.17. The molecule has 3 heteroatoms. The molecule has 0 aliphatic heterocycles. The van der Waals surface area contributed by atoms with Crippen LogP contribution in [-0.2, 0) is 4.79 Å². The fourth-order valence-corrected chi connectivity index (χ4v) is 2.18. The smallest absolute Gasteiger partial charge is 0.139 e. The summed E-state index contributed by atoms with van der Waals surface area (Å²) in [6.07, 6.45) is 0.867. The van der Waals surface area contributed by atoms with Crippen molar-refractivity contribution in [3.05, 3.63) is 29.6 Å². The highest BCUT2D eigenvalue weighted by atomic mass is 32.1. The average molecular weight is 191 g/mol. The predicted octanol–water partition coefficient (Wildman–Crippen LogP) is 2.51. The van der Waals surface area contributed by atoms with E-state index < -0.39 is 0 Å². The summed E-state index contributed by atoms with van der Waals surface area (Å²) in [4.78, 5) is 10.2. The van der Waals surface area contributed by atoms with Gasteiger partial charge in [-0.3, -0.25) is 0 Å². The molecule has 0 spiro atoms. The number of nitrogens with one attached hydrogen (secondary N) is 1. The monoisotopic (exact) mass is 191 g/mol. The van der Waals surface area contributed by atoms with Crippen LogP contribution in [0.5, 0.6) is 0 Å². The molecule has 0 aliphatic rings. The minimum atomic E-state index is 0.376. The number of aldehydes is 1. The summed E-state index contributed by atoms with van der Waals surface area (Å²) in [5.41, 5.74) is 1.05. The van der Waals surface area contributed by atoms with Crippen LogP contribution in [0.1, 0.15) is 0 Å². The lowest BCUT2D eigenvalue weighted by Crippen LogP contribution is -2.00. The number of carbonyl (C=O) groups is 1. The summed E-state index contributed by atoms with van der Waals surface area (Å²) in [6, 6.07) is 8.15. The van der Waals surface area contributed by atoms with Crippen molar-refractivity contribution in [2.24, 2.45) is 0 Å². The first kappa shape index (κ1) is 8.26. The number of thiophene rings is 1. The Kier molecular flexibility index (Phi) is 2.27. The van der Waals surface area contributed by atoms with Crippen LogP contribution in [-0.4, -0.2) is 12.8 Å². The number of hydrogen-bond donors (Lipinski definition) is 1. The summed E-state index contributed by atoms with van der Waals surface area (Å²) in [5, 5.41) is 6.28. The molecule has 0 amide bonds. The van der Waals surface area contributed by atoms with Crippen LogP contribution in [0.15, 0.2) is 29.6 Å². The maximum absolute atomic E-state index is 10.2. The van der Waals surface area contributed by atoms with Gasteiger partial charge < -0.3 is 10.1 Å². The quantitative estimate of drug-likeness (QED) is 0.755. The molecule has 66 valence electrons. The Labute approximate surface area is 80.2 Å². The molecule has 2 nitrogen and oxygen atoms in total. The second kappa shape index (κ2) is 3.58. The molecule has 0 unspecified atom stereocenters. The predicted molar refractivity (Wildman–Crippen MR) is 56.4 cm³/mol. The lowest BCUT2D eigenvalue weighted by Gasteiger charge is -1.98. The zero-order valence-electron chi connectivity index (χ0n) is 6.99. The van der Waals surface area contributed by atoms with Gasteiger partial charge in [0, 0.05) is 15.5 Å². The Hall–Kier alpha value is -1.35. The fraction of sp³-hybridized carbons (Fsp3) is 0.100. The van der Waals surface area contributed by atoms with Crippen LogP contribution < -0.4 is 5.32 Å². The van der Waals surface area contributed by atoms with E-state index in [1.807, 2.05) is 17.5 Å².